The fourth-order valence-electron chi connectivity index (χ4n) is 3.07. The molecular weight excluding hydrogens is 336 g/mol. The first-order valence-electron chi connectivity index (χ1n) is 8.36. The monoisotopic (exact) mass is 354 g/mol. The molecule has 5 nitrogen and oxygen atoms in total. The van der Waals surface area contributed by atoms with E-state index in [1.807, 2.05) is 42.5 Å². The highest BCUT2D eigenvalue weighted by molar-refractivity contribution is 6.29. The van der Waals surface area contributed by atoms with Gasteiger partial charge in [-0.1, -0.05) is 41.9 Å². The fourth-order valence-corrected chi connectivity index (χ4v) is 3.24. The SMILES string of the molecule is Clc1cc(N2CCN(Cc3nc(-c4ccccc4)co3)CC2)ccn1. The van der Waals surface area contributed by atoms with Gasteiger partial charge >= 0.3 is 0 Å². The van der Waals surface area contributed by atoms with Gasteiger partial charge in [0.2, 0.25) is 5.89 Å². The maximum atomic E-state index is 5.98. The number of benzene rings is 1. The Balaban J connectivity index is 1.35. The summed E-state index contributed by atoms with van der Waals surface area (Å²) in [5.74, 6) is 0.763. The molecule has 0 spiro atoms. The summed E-state index contributed by atoms with van der Waals surface area (Å²) >= 11 is 5.98. The molecule has 2 aromatic heterocycles. The van der Waals surface area contributed by atoms with Gasteiger partial charge in [-0.25, -0.2) is 9.97 Å². The van der Waals surface area contributed by atoms with E-state index < -0.39 is 0 Å². The predicted octanol–water partition coefficient (Wildman–Crippen LogP) is 3.71. The largest absolute Gasteiger partial charge is 0.447 e. The average molecular weight is 355 g/mol. The molecule has 3 heterocycles. The number of anilines is 1. The van der Waals surface area contributed by atoms with Gasteiger partial charge in [-0.15, -0.1) is 0 Å². The van der Waals surface area contributed by atoms with Crippen LogP contribution >= 0.6 is 11.6 Å². The minimum atomic E-state index is 0.535. The smallest absolute Gasteiger partial charge is 0.208 e. The standard InChI is InChI=1S/C19H19ClN4O/c20-18-12-16(6-7-21-18)24-10-8-23(9-11-24)13-19-22-17(14-25-19)15-4-2-1-3-5-15/h1-7,12,14H,8-11,13H2. The first kappa shape index (κ1) is 16.1. The minimum absolute atomic E-state index is 0.535. The van der Waals surface area contributed by atoms with Crippen LogP contribution in [-0.4, -0.2) is 41.0 Å². The van der Waals surface area contributed by atoms with Crippen molar-refractivity contribution in [2.75, 3.05) is 31.1 Å². The molecule has 0 aliphatic carbocycles. The number of nitrogens with zero attached hydrogens (tertiary/aromatic N) is 4. The second-order valence-corrected chi connectivity index (χ2v) is 6.48. The van der Waals surface area contributed by atoms with Crippen LogP contribution in [0.3, 0.4) is 0 Å². The van der Waals surface area contributed by atoms with Gasteiger partial charge in [-0.3, -0.25) is 4.90 Å². The number of halogens is 1. The van der Waals surface area contributed by atoms with Crippen molar-refractivity contribution < 1.29 is 4.42 Å². The molecule has 6 heteroatoms. The number of pyridine rings is 1. The molecule has 0 unspecified atom stereocenters. The van der Waals surface area contributed by atoms with Crippen LogP contribution in [0.15, 0.2) is 59.3 Å². The topological polar surface area (TPSA) is 45.4 Å². The molecule has 4 rings (SSSR count). The van der Waals surface area contributed by atoms with Crippen molar-refractivity contribution in [2.45, 2.75) is 6.54 Å². The fraction of sp³-hybridized carbons (Fsp3) is 0.263. The highest BCUT2D eigenvalue weighted by Crippen LogP contribution is 2.21. The van der Waals surface area contributed by atoms with Crippen LogP contribution in [0.2, 0.25) is 5.15 Å². The van der Waals surface area contributed by atoms with Gasteiger partial charge in [0.15, 0.2) is 0 Å². The van der Waals surface area contributed by atoms with Crippen LogP contribution in [0.1, 0.15) is 5.89 Å². The van der Waals surface area contributed by atoms with Gasteiger partial charge in [0.05, 0.1) is 6.54 Å². The van der Waals surface area contributed by atoms with Gasteiger partial charge in [0, 0.05) is 43.6 Å². The summed E-state index contributed by atoms with van der Waals surface area (Å²) in [5.41, 5.74) is 3.10. The van der Waals surface area contributed by atoms with Gasteiger partial charge in [0.1, 0.15) is 17.1 Å². The van der Waals surface area contributed by atoms with Gasteiger partial charge in [0.25, 0.3) is 0 Å². The summed E-state index contributed by atoms with van der Waals surface area (Å²) in [7, 11) is 0. The van der Waals surface area contributed by atoms with Crippen molar-refractivity contribution >= 4 is 17.3 Å². The molecule has 1 aliphatic rings. The number of rotatable bonds is 4. The Morgan fingerprint density at radius 2 is 1.84 bits per heavy atom. The quantitative estimate of drug-likeness (QED) is 0.668. The van der Waals surface area contributed by atoms with E-state index in [9.17, 15) is 0 Å². The normalized spacial score (nSPS) is 15.5. The van der Waals surface area contributed by atoms with Crippen LogP contribution in [0.25, 0.3) is 11.3 Å². The number of hydrogen-bond donors (Lipinski definition) is 0. The second-order valence-electron chi connectivity index (χ2n) is 6.09. The summed E-state index contributed by atoms with van der Waals surface area (Å²) < 4.78 is 5.66. The lowest BCUT2D eigenvalue weighted by Crippen LogP contribution is -2.46. The molecule has 0 N–H and O–H groups in total. The van der Waals surface area contributed by atoms with Crippen molar-refractivity contribution in [2.24, 2.45) is 0 Å². The second kappa shape index (κ2) is 7.25. The summed E-state index contributed by atoms with van der Waals surface area (Å²) in [4.78, 5) is 13.3. The van der Waals surface area contributed by atoms with Crippen LogP contribution in [0.5, 0.6) is 0 Å². The highest BCUT2D eigenvalue weighted by atomic mass is 35.5. The zero-order valence-electron chi connectivity index (χ0n) is 13.8. The Bertz CT molecular complexity index is 828. The predicted molar refractivity (Wildman–Crippen MR) is 98.7 cm³/mol. The molecule has 1 saturated heterocycles. The third-order valence-corrected chi connectivity index (χ3v) is 4.63. The van der Waals surface area contributed by atoms with E-state index in [0.717, 1.165) is 55.6 Å². The molecule has 1 aliphatic heterocycles. The molecule has 0 radical (unpaired) electrons. The maximum Gasteiger partial charge on any atom is 0.208 e. The Kier molecular flexibility index (Phi) is 4.68. The van der Waals surface area contributed by atoms with E-state index in [4.69, 9.17) is 16.0 Å². The zero-order chi connectivity index (χ0) is 17.1. The minimum Gasteiger partial charge on any atom is -0.447 e. The van der Waals surface area contributed by atoms with Crippen molar-refractivity contribution in [3.63, 3.8) is 0 Å². The Morgan fingerprint density at radius 1 is 1.04 bits per heavy atom. The summed E-state index contributed by atoms with van der Waals surface area (Å²) in [5, 5.41) is 0.535. The summed E-state index contributed by atoms with van der Waals surface area (Å²) in [6.07, 6.45) is 3.49. The van der Waals surface area contributed by atoms with Crippen molar-refractivity contribution in [1.82, 2.24) is 14.9 Å². The van der Waals surface area contributed by atoms with E-state index in [1.54, 1.807) is 12.5 Å². The summed E-state index contributed by atoms with van der Waals surface area (Å²) in [6, 6.07) is 14.0. The van der Waals surface area contributed by atoms with Crippen LogP contribution < -0.4 is 4.90 Å². The van der Waals surface area contributed by atoms with Crippen molar-refractivity contribution in [1.29, 1.82) is 0 Å². The first-order valence-corrected chi connectivity index (χ1v) is 8.74. The first-order chi connectivity index (χ1) is 12.3. The molecule has 3 aromatic rings. The number of aromatic nitrogens is 2. The summed E-state index contributed by atoms with van der Waals surface area (Å²) in [6.45, 7) is 4.56. The number of piperazine rings is 1. The van der Waals surface area contributed by atoms with E-state index >= 15 is 0 Å². The Hall–Kier alpha value is -2.37. The van der Waals surface area contributed by atoms with Crippen LogP contribution in [0.4, 0.5) is 5.69 Å². The highest BCUT2D eigenvalue weighted by Gasteiger charge is 2.19. The van der Waals surface area contributed by atoms with E-state index in [-0.39, 0.29) is 0 Å². The lowest BCUT2D eigenvalue weighted by Gasteiger charge is -2.35. The number of oxazole rings is 1. The number of hydrogen-bond acceptors (Lipinski definition) is 5. The van der Waals surface area contributed by atoms with Crippen molar-refractivity contribution in [3.8, 4) is 11.3 Å². The van der Waals surface area contributed by atoms with E-state index in [1.165, 1.54) is 0 Å². The Morgan fingerprint density at radius 3 is 2.60 bits per heavy atom. The van der Waals surface area contributed by atoms with E-state index in [2.05, 4.69) is 19.8 Å². The van der Waals surface area contributed by atoms with Crippen LogP contribution in [0, 0.1) is 0 Å². The lowest BCUT2D eigenvalue weighted by atomic mass is 10.2. The molecule has 0 saturated carbocycles. The third-order valence-electron chi connectivity index (χ3n) is 4.43. The third kappa shape index (κ3) is 3.83. The molecule has 128 valence electrons. The zero-order valence-corrected chi connectivity index (χ0v) is 14.6. The van der Waals surface area contributed by atoms with Gasteiger partial charge in [-0.05, 0) is 12.1 Å². The average Bonchev–Trinajstić information content (AvgIpc) is 3.12. The van der Waals surface area contributed by atoms with Crippen LogP contribution in [-0.2, 0) is 6.54 Å². The molecular formula is C19H19ClN4O. The Labute approximate surface area is 151 Å². The van der Waals surface area contributed by atoms with Gasteiger partial charge in [-0.2, -0.15) is 0 Å². The van der Waals surface area contributed by atoms with Crippen molar-refractivity contribution in [3.05, 3.63) is 66.0 Å². The molecule has 1 aromatic carbocycles. The van der Waals surface area contributed by atoms with E-state index in [0.29, 0.717) is 5.15 Å². The maximum absolute atomic E-state index is 5.98. The molecule has 0 bridgehead atoms. The molecule has 25 heavy (non-hydrogen) atoms. The molecule has 1 fully saturated rings. The van der Waals surface area contributed by atoms with Gasteiger partial charge < -0.3 is 9.32 Å². The molecule has 0 atom stereocenters. The molecule has 0 amide bonds. The lowest BCUT2D eigenvalue weighted by molar-refractivity contribution is 0.226.